The van der Waals surface area contributed by atoms with Crippen LogP contribution in [-0.4, -0.2) is 79.3 Å². The molecule has 2 fully saturated rings. The number of carbonyl (C=O) groups is 2. The summed E-state index contributed by atoms with van der Waals surface area (Å²) in [6, 6.07) is 7.54. The Balaban J connectivity index is 1.38. The fraction of sp³-hybridized carbons (Fsp3) is 0.636. The normalized spacial score (nSPS) is 24.9. The number of benzene rings is 1. The number of aliphatic hydroxyl groups excluding tert-OH is 1. The number of ether oxygens (including phenoxy) is 1. The van der Waals surface area contributed by atoms with Crippen LogP contribution >= 0.6 is 0 Å². The van der Waals surface area contributed by atoms with Gasteiger partial charge < -0.3 is 25.4 Å². The number of nitrogens with one attached hydrogen (secondary N) is 2. The van der Waals surface area contributed by atoms with Crippen molar-refractivity contribution in [1.29, 1.82) is 0 Å². The molecule has 8 nitrogen and oxygen atoms in total. The Bertz CT molecular complexity index is 704. The largest absolute Gasteiger partial charge is 0.497 e. The van der Waals surface area contributed by atoms with E-state index in [2.05, 4.69) is 15.5 Å². The third-order valence-corrected chi connectivity index (χ3v) is 6.32. The zero-order valence-corrected chi connectivity index (χ0v) is 18.0. The van der Waals surface area contributed by atoms with Crippen molar-refractivity contribution in [2.75, 3.05) is 40.4 Å². The fourth-order valence-corrected chi connectivity index (χ4v) is 4.25. The Hall–Kier alpha value is -2.32. The molecule has 1 aromatic rings. The van der Waals surface area contributed by atoms with Gasteiger partial charge in [0.25, 0.3) is 0 Å². The Morgan fingerprint density at radius 2 is 1.83 bits per heavy atom. The highest BCUT2D eigenvalue weighted by Gasteiger charge is 2.33. The van der Waals surface area contributed by atoms with Crippen LogP contribution in [0.2, 0.25) is 0 Å². The van der Waals surface area contributed by atoms with Crippen molar-refractivity contribution >= 4 is 11.9 Å². The maximum absolute atomic E-state index is 12.9. The standard InChI is InChI=1S/C22H34N4O4/c1-25-11-12-26(14-19(25)15-27)21(28)17-5-7-18(8-6-17)24-22(29)23-13-16-3-9-20(30-2)10-4-16/h3-4,9-10,17-19,27H,5-8,11-15H2,1-2H3,(H2,23,24,29). The van der Waals surface area contributed by atoms with E-state index in [4.69, 9.17) is 4.74 Å². The van der Waals surface area contributed by atoms with Crippen LogP contribution in [0.4, 0.5) is 4.79 Å². The highest BCUT2D eigenvalue weighted by atomic mass is 16.5. The van der Waals surface area contributed by atoms with E-state index < -0.39 is 0 Å². The van der Waals surface area contributed by atoms with Crippen molar-refractivity contribution in [2.24, 2.45) is 5.92 Å². The minimum absolute atomic E-state index is 0.0214. The molecule has 8 heteroatoms. The van der Waals surface area contributed by atoms with Crippen molar-refractivity contribution < 1.29 is 19.4 Å². The molecule has 1 unspecified atom stereocenters. The van der Waals surface area contributed by atoms with E-state index in [1.165, 1.54) is 0 Å². The lowest BCUT2D eigenvalue weighted by atomic mass is 9.85. The summed E-state index contributed by atoms with van der Waals surface area (Å²) in [7, 11) is 3.61. The number of piperazine rings is 1. The van der Waals surface area contributed by atoms with Crippen molar-refractivity contribution in [1.82, 2.24) is 20.4 Å². The lowest BCUT2D eigenvalue weighted by Crippen LogP contribution is -2.56. The van der Waals surface area contributed by atoms with Gasteiger partial charge in [-0.05, 0) is 50.4 Å². The molecule has 3 rings (SSSR count). The van der Waals surface area contributed by atoms with Gasteiger partial charge in [-0.3, -0.25) is 9.69 Å². The van der Waals surface area contributed by atoms with Crippen molar-refractivity contribution in [2.45, 2.75) is 44.3 Å². The van der Waals surface area contributed by atoms with Crippen LogP contribution < -0.4 is 15.4 Å². The van der Waals surface area contributed by atoms with E-state index in [0.29, 0.717) is 13.1 Å². The molecule has 0 bridgehead atoms. The second-order valence-electron chi connectivity index (χ2n) is 8.32. The summed E-state index contributed by atoms with van der Waals surface area (Å²) in [6.45, 7) is 2.64. The Labute approximate surface area is 178 Å². The summed E-state index contributed by atoms with van der Waals surface area (Å²) in [5.74, 6) is 1.01. The number of amides is 3. The Kier molecular flexibility index (Phi) is 7.93. The van der Waals surface area contributed by atoms with E-state index in [0.717, 1.165) is 50.1 Å². The lowest BCUT2D eigenvalue weighted by molar-refractivity contribution is -0.139. The Morgan fingerprint density at radius 1 is 1.13 bits per heavy atom. The summed E-state index contributed by atoms with van der Waals surface area (Å²) in [4.78, 5) is 29.1. The lowest BCUT2D eigenvalue weighted by Gasteiger charge is -2.40. The molecule has 0 radical (unpaired) electrons. The maximum Gasteiger partial charge on any atom is 0.315 e. The summed E-state index contributed by atoms with van der Waals surface area (Å²) in [5, 5.41) is 15.4. The second-order valence-corrected chi connectivity index (χ2v) is 8.32. The van der Waals surface area contributed by atoms with Gasteiger partial charge in [-0.2, -0.15) is 0 Å². The third-order valence-electron chi connectivity index (χ3n) is 6.32. The average Bonchev–Trinajstić information content (AvgIpc) is 2.78. The highest BCUT2D eigenvalue weighted by Crippen LogP contribution is 2.27. The number of urea groups is 1. The molecular formula is C22H34N4O4. The van der Waals surface area contributed by atoms with Crippen molar-refractivity contribution in [3.05, 3.63) is 29.8 Å². The van der Waals surface area contributed by atoms with Crippen LogP contribution in [0.15, 0.2) is 24.3 Å². The van der Waals surface area contributed by atoms with Gasteiger partial charge in [0.05, 0.1) is 19.8 Å². The minimum atomic E-state index is -0.176. The molecule has 1 aliphatic carbocycles. The van der Waals surface area contributed by atoms with Crippen LogP contribution in [-0.2, 0) is 11.3 Å². The van der Waals surface area contributed by atoms with Crippen LogP contribution in [0, 0.1) is 5.92 Å². The van der Waals surface area contributed by atoms with E-state index in [1.807, 2.05) is 36.2 Å². The fourth-order valence-electron chi connectivity index (χ4n) is 4.25. The monoisotopic (exact) mass is 418 g/mol. The molecular weight excluding hydrogens is 384 g/mol. The molecule has 1 aliphatic heterocycles. The van der Waals surface area contributed by atoms with E-state index in [-0.39, 0.29) is 36.5 Å². The number of hydrogen-bond acceptors (Lipinski definition) is 5. The molecule has 166 valence electrons. The number of methoxy groups -OCH3 is 1. The van der Waals surface area contributed by atoms with Gasteiger partial charge in [0.15, 0.2) is 0 Å². The van der Waals surface area contributed by atoms with Gasteiger partial charge in [0.1, 0.15) is 5.75 Å². The van der Waals surface area contributed by atoms with Crippen LogP contribution in [0.3, 0.4) is 0 Å². The summed E-state index contributed by atoms with van der Waals surface area (Å²) in [6.07, 6.45) is 3.20. The average molecular weight is 419 g/mol. The molecule has 1 aromatic carbocycles. The van der Waals surface area contributed by atoms with Crippen LogP contribution in [0.5, 0.6) is 5.75 Å². The summed E-state index contributed by atoms with van der Waals surface area (Å²) < 4.78 is 5.14. The van der Waals surface area contributed by atoms with Gasteiger partial charge >= 0.3 is 6.03 Å². The van der Waals surface area contributed by atoms with E-state index in [9.17, 15) is 14.7 Å². The number of hydrogen-bond donors (Lipinski definition) is 3. The van der Waals surface area contributed by atoms with Gasteiger partial charge in [-0.25, -0.2) is 4.79 Å². The number of aliphatic hydroxyl groups is 1. The molecule has 2 aliphatic rings. The van der Waals surface area contributed by atoms with E-state index in [1.54, 1.807) is 7.11 Å². The summed E-state index contributed by atoms with van der Waals surface area (Å²) in [5.41, 5.74) is 1.01. The quantitative estimate of drug-likeness (QED) is 0.645. The van der Waals surface area contributed by atoms with Gasteiger partial charge in [-0.1, -0.05) is 12.1 Å². The van der Waals surface area contributed by atoms with Crippen molar-refractivity contribution in [3.63, 3.8) is 0 Å². The first kappa shape index (κ1) is 22.4. The first-order valence-electron chi connectivity index (χ1n) is 10.8. The van der Waals surface area contributed by atoms with Crippen molar-refractivity contribution in [3.8, 4) is 5.75 Å². The predicted octanol–water partition coefficient (Wildman–Crippen LogP) is 1.19. The molecule has 0 spiro atoms. The highest BCUT2D eigenvalue weighted by molar-refractivity contribution is 5.79. The van der Waals surface area contributed by atoms with Crippen LogP contribution in [0.1, 0.15) is 31.2 Å². The molecule has 30 heavy (non-hydrogen) atoms. The van der Waals surface area contributed by atoms with E-state index >= 15 is 0 Å². The zero-order valence-electron chi connectivity index (χ0n) is 18.0. The first-order valence-corrected chi connectivity index (χ1v) is 10.8. The first-order chi connectivity index (χ1) is 14.5. The molecule has 1 atom stereocenters. The number of nitrogens with zero attached hydrogens (tertiary/aromatic N) is 2. The Morgan fingerprint density at radius 3 is 2.47 bits per heavy atom. The van der Waals surface area contributed by atoms with Crippen LogP contribution in [0.25, 0.3) is 0 Å². The molecule has 3 amide bonds. The number of rotatable bonds is 6. The maximum atomic E-state index is 12.9. The number of carbonyl (C=O) groups excluding carboxylic acids is 2. The molecule has 0 aromatic heterocycles. The summed E-state index contributed by atoms with van der Waals surface area (Å²) >= 11 is 0. The molecule has 1 heterocycles. The van der Waals surface area contributed by atoms with Gasteiger partial charge in [-0.15, -0.1) is 0 Å². The molecule has 1 saturated carbocycles. The zero-order chi connectivity index (χ0) is 21.5. The van der Waals surface area contributed by atoms with Gasteiger partial charge in [0.2, 0.25) is 5.91 Å². The molecule has 3 N–H and O–H groups in total. The third kappa shape index (κ3) is 5.86. The predicted molar refractivity (Wildman–Crippen MR) is 114 cm³/mol. The van der Waals surface area contributed by atoms with Gasteiger partial charge in [0, 0.05) is 38.1 Å². The SMILES string of the molecule is COc1ccc(CNC(=O)NC2CCC(C(=O)N3CCN(C)C(CO)C3)CC2)cc1. The number of likely N-dealkylation sites (N-methyl/N-ethyl adjacent to an activating group) is 1. The minimum Gasteiger partial charge on any atom is -0.497 e. The molecule has 1 saturated heterocycles. The second kappa shape index (κ2) is 10.6. The smallest absolute Gasteiger partial charge is 0.315 e. The topological polar surface area (TPSA) is 94.1 Å².